The fourth-order valence-corrected chi connectivity index (χ4v) is 2.96. The predicted molar refractivity (Wildman–Crippen MR) is 82.2 cm³/mol. The Labute approximate surface area is 125 Å². The first-order valence-corrected chi connectivity index (χ1v) is 8.76. The molecule has 1 rings (SSSR count). The fraction of sp³-hybridized carbons (Fsp3) is 0.857. The number of nitrogens with zero attached hydrogens (tertiary/aromatic N) is 1. The molecule has 1 atom stereocenters. The molecule has 116 valence electrons. The molecular weight excluding hydrogens is 276 g/mol. The van der Waals surface area contributed by atoms with E-state index in [9.17, 15) is 9.59 Å². The van der Waals surface area contributed by atoms with E-state index in [2.05, 4.69) is 11.6 Å². The van der Waals surface area contributed by atoms with Gasteiger partial charge in [-0.25, -0.2) is 4.79 Å². The molecule has 0 aromatic rings. The number of aliphatic carboxylic acids is 1. The molecule has 5 nitrogen and oxygen atoms in total. The van der Waals surface area contributed by atoms with Gasteiger partial charge in [0.25, 0.3) is 0 Å². The van der Waals surface area contributed by atoms with Crippen molar-refractivity contribution in [3.8, 4) is 0 Å². The number of rotatable bonds is 9. The Morgan fingerprint density at radius 3 is 2.75 bits per heavy atom. The Balaban J connectivity index is 2.04. The third kappa shape index (κ3) is 7.03. The normalized spacial score (nSPS) is 18.2. The number of nitrogens with one attached hydrogen (secondary N) is 1. The number of carboxylic acids is 1. The lowest BCUT2D eigenvalue weighted by Crippen LogP contribution is -2.39. The summed E-state index contributed by atoms with van der Waals surface area (Å²) in [6.45, 7) is 1.97. The average Bonchev–Trinajstić information content (AvgIpc) is 2.85. The number of unbranched alkanes of at least 4 members (excludes halogenated alkanes) is 3. The Kier molecular flexibility index (Phi) is 8.49. The third-order valence-corrected chi connectivity index (χ3v) is 4.28. The maximum atomic E-state index is 11.9. The standard InChI is InChI=1S/C14H26N2O3S/c1-20-9-5-3-2-4-7-15-14(19)16-8-6-12(11-16)10-13(17)18/h12H,2-11H2,1H3,(H,15,19)(H,17,18). The van der Waals surface area contributed by atoms with Gasteiger partial charge in [0.1, 0.15) is 0 Å². The molecular formula is C14H26N2O3S. The van der Waals surface area contributed by atoms with Gasteiger partial charge in [0.15, 0.2) is 0 Å². The molecule has 6 heteroatoms. The average molecular weight is 302 g/mol. The van der Waals surface area contributed by atoms with Gasteiger partial charge < -0.3 is 15.3 Å². The van der Waals surface area contributed by atoms with E-state index in [0.29, 0.717) is 13.1 Å². The van der Waals surface area contributed by atoms with Crippen molar-refractivity contribution in [3.05, 3.63) is 0 Å². The molecule has 1 heterocycles. The number of urea groups is 1. The summed E-state index contributed by atoms with van der Waals surface area (Å²) in [6, 6.07) is -0.0398. The highest BCUT2D eigenvalue weighted by molar-refractivity contribution is 7.98. The number of carbonyl (C=O) groups excluding carboxylic acids is 1. The van der Waals surface area contributed by atoms with Gasteiger partial charge in [-0.15, -0.1) is 0 Å². The Hall–Kier alpha value is -0.910. The maximum absolute atomic E-state index is 11.9. The lowest BCUT2D eigenvalue weighted by atomic mass is 10.1. The second-order valence-electron chi connectivity index (χ2n) is 5.34. The van der Waals surface area contributed by atoms with Gasteiger partial charge in [-0.05, 0) is 37.2 Å². The third-order valence-electron chi connectivity index (χ3n) is 3.59. The first kappa shape index (κ1) is 17.1. The van der Waals surface area contributed by atoms with E-state index in [4.69, 9.17) is 5.11 Å². The van der Waals surface area contributed by atoms with Crippen molar-refractivity contribution >= 4 is 23.8 Å². The largest absolute Gasteiger partial charge is 0.481 e. The zero-order valence-electron chi connectivity index (χ0n) is 12.3. The number of carbonyl (C=O) groups is 2. The molecule has 0 spiro atoms. The van der Waals surface area contributed by atoms with Crippen LogP contribution in [0, 0.1) is 5.92 Å². The number of thioether (sulfide) groups is 1. The fourth-order valence-electron chi connectivity index (χ4n) is 2.46. The van der Waals surface area contributed by atoms with E-state index in [1.807, 2.05) is 11.8 Å². The van der Waals surface area contributed by atoms with Crippen LogP contribution in [-0.4, -0.2) is 53.6 Å². The second-order valence-corrected chi connectivity index (χ2v) is 6.32. The molecule has 1 unspecified atom stereocenters. The first-order chi connectivity index (χ1) is 9.63. The van der Waals surface area contributed by atoms with Crippen LogP contribution in [0.2, 0.25) is 0 Å². The quantitative estimate of drug-likeness (QED) is 0.642. The zero-order valence-corrected chi connectivity index (χ0v) is 13.1. The summed E-state index contributed by atoms with van der Waals surface area (Å²) < 4.78 is 0. The highest BCUT2D eigenvalue weighted by Gasteiger charge is 2.27. The summed E-state index contributed by atoms with van der Waals surface area (Å²) >= 11 is 1.87. The molecule has 1 aliphatic rings. The summed E-state index contributed by atoms with van der Waals surface area (Å²) in [7, 11) is 0. The van der Waals surface area contributed by atoms with Gasteiger partial charge in [-0.3, -0.25) is 4.79 Å². The summed E-state index contributed by atoms with van der Waals surface area (Å²) in [5.41, 5.74) is 0. The topological polar surface area (TPSA) is 69.6 Å². The monoisotopic (exact) mass is 302 g/mol. The molecule has 0 aliphatic carbocycles. The molecule has 1 saturated heterocycles. The van der Waals surface area contributed by atoms with Crippen molar-refractivity contribution in [2.24, 2.45) is 5.92 Å². The minimum Gasteiger partial charge on any atom is -0.481 e. The van der Waals surface area contributed by atoms with Crippen molar-refractivity contribution in [2.75, 3.05) is 31.6 Å². The molecule has 0 bridgehead atoms. The molecule has 0 aromatic heterocycles. The maximum Gasteiger partial charge on any atom is 0.317 e. The van der Waals surface area contributed by atoms with Crippen molar-refractivity contribution < 1.29 is 14.7 Å². The number of amides is 2. The van der Waals surface area contributed by atoms with E-state index >= 15 is 0 Å². The van der Waals surface area contributed by atoms with Gasteiger partial charge in [0, 0.05) is 26.1 Å². The summed E-state index contributed by atoms with van der Waals surface area (Å²) in [4.78, 5) is 24.2. The lowest BCUT2D eigenvalue weighted by Gasteiger charge is -2.17. The van der Waals surface area contributed by atoms with Crippen LogP contribution < -0.4 is 5.32 Å². The van der Waals surface area contributed by atoms with Gasteiger partial charge in [0.2, 0.25) is 0 Å². The number of hydrogen-bond donors (Lipinski definition) is 2. The molecule has 1 fully saturated rings. The summed E-state index contributed by atoms with van der Waals surface area (Å²) in [5, 5.41) is 11.7. The summed E-state index contributed by atoms with van der Waals surface area (Å²) in [5.74, 6) is 0.553. The van der Waals surface area contributed by atoms with Crippen molar-refractivity contribution in [3.63, 3.8) is 0 Å². The van der Waals surface area contributed by atoms with Crippen LogP contribution in [-0.2, 0) is 4.79 Å². The van der Waals surface area contributed by atoms with E-state index in [1.54, 1.807) is 4.90 Å². The lowest BCUT2D eigenvalue weighted by molar-refractivity contribution is -0.138. The summed E-state index contributed by atoms with van der Waals surface area (Å²) in [6.07, 6.45) is 7.73. The van der Waals surface area contributed by atoms with Crippen molar-refractivity contribution in [1.29, 1.82) is 0 Å². The Morgan fingerprint density at radius 2 is 2.05 bits per heavy atom. The number of likely N-dealkylation sites (tertiary alicyclic amines) is 1. The van der Waals surface area contributed by atoms with Crippen LogP contribution >= 0.6 is 11.8 Å². The van der Waals surface area contributed by atoms with Crippen LogP contribution in [0.1, 0.15) is 38.5 Å². The number of carboxylic acid groups (broad SMARTS) is 1. The zero-order chi connectivity index (χ0) is 14.8. The van der Waals surface area contributed by atoms with E-state index in [0.717, 1.165) is 25.8 Å². The van der Waals surface area contributed by atoms with E-state index < -0.39 is 5.97 Å². The molecule has 2 N–H and O–H groups in total. The van der Waals surface area contributed by atoms with E-state index in [1.165, 1.54) is 18.6 Å². The smallest absolute Gasteiger partial charge is 0.317 e. The predicted octanol–water partition coefficient (Wildman–Crippen LogP) is 2.42. The minimum absolute atomic E-state index is 0.0398. The van der Waals surface area contributed by atoms with Gasteiger partial charge >= 0.3 is 12.0 Å². The Bertz CT molecular complexity index is 313. The molecule has 1 aliphatic heterocycles. The van der Waals surface area contributed by atoms with Crippen LogP contribution in [0.3, 0.4) is 0 Å². The Morgan fingerprint density at radius 1 is 1.30 bits per heavy atom. The van der Waals surface area contributed by atoms with Crippen LogP contribution in [0.5, 0.6) is 0 Å². The van der Waals surface area contributed by atoms with Crippen LogP contribution in [0.25, 0.3) is 0 Å². The molecule has 0 saturated carbocycles. The second kappa shape index (κ2) is 9.91. The molecule has 20 heavy (non-hydrogen) atoms. The highest BCUT2D eigenvalue weighted by Crippen LogP contribution is 2.19. The van der Waals surface area contributed by atoms with E-state index in [-0.39, 0.29) is 18.4 Å². The highest BCUT2D eigenvalue weighted by atomic mass is 32.2. The van der Waals surface area contributed by atoms with Crippen LogP contribution in [0.4, 0.5) is 4.79 Å². The molecule has 0 radical (unpaired) electrons. The minimum atomic E-state index is -0.775. The van der Waals surface area contributed by atoms with Gasteiger partial charge in [-0.2, -0.15) is 11.8 Å². The van der Waals surface area contributed by atoms with Gasteiger partial charge in [-0.1, -0.05) is 12.8 Å². The van der Waals surface area contributed by atoms with Gasteiger partial charge in [0.05, 0.1) is 0 Å². The first-order valence-electron chi connectivity index (χ1n) is 7.37. The van der Waals surface area contributed by atoms with Crippen molar-refractivity contribution in [2.45, 2.75) is 38.5 Å². The molecule has 0 aromatic carbocycles. The molecule has 2 amide bonds. The van der Waals surface area contributed by atoms with Crippen LogP contribution in [0.15, 0.2) is 0 Å². The number of hydrogen-bond acceptors (Lipinski definition) is 3. The SMILES string of the molecule is CSCCCCCCNC(=O)N1CCC(CC(=O)O)C1. The van der Waals surface area contributed by atoms with Crippen molar-refractivity contribution in [1.82, 2.24) is 10.2 Å².